The van der Waals surface area contributed by atoms with E-state index < -0.39 is 0 Å². The number of benzene rings is 1. The summed E-state index contributed by atoms with van der Waals surface area (Å²) in [5, 5.41) is 13.1. The largest absolute Gasteiger partial charge is 0.395 e. The van der Waals surface area contributed by atoms with Crippen LogP contribution in [0.5, 0.6) is 0 Å². The van der Waals surface area contributed by atoms with Gasteiger partial charge in [0.05, 0.1) is 13.2 Å². The first-order valence-corrected chi connectivity index (χ1v) is 6.31. The number of rotatable bonds is 5. The summed E-state index contributed by atoms with van der Waals surface area (Å²) in [5.41, 5.74) is 2.10. The number of aryl methyl sites for hydroxylation is 1. The number of likely N-dealkylation sites (N-methyl/N-ethyl adjacent to an activating group) is 1. The molecule has 1 aromatic carbocycles. The number of hydrogen-bond donors (Lipinski definition) is 1. The van der Waals surface area contributed by atoms with Gasteiger partial charge >= 0.3 is 0 Å². The maximum Gasteiger partial charge on any atom is 0.241 e. The molecule has 19 heavy (non-hydrogen) atoms. The van der Waals surface area contributed by atoms with Gasteiger partial charge in [0, 0.05) is 11.6 Å². The Kier molecular flexibility index (Phi) is 4.29. The summed E-state index contributed by atoms with van der Waals surface area (Å²) >= 11 is 0. The molecular weight excluding hydrogens is 242 g/mol. The molecule has 1 atom stereocenters. The quantitative estimate of drug-likeness (QED) is 0.890. The highest BCUT2D eigenvalue weighted by Gasteiger charge is 2.14. The zero-order valence-corrected chi connectivity index (χ0v) is 11.5. The Morgan fingerprint density at radius 3 is 2.79 bits per heavy atom. The molecular formula is C14H19N3O2. The second kappa shape index (κ2) is 5.95. The van der Waals surface area contributed by atoms with Crippen molar-refractivity contribution in [2.45, 2.75) is 26.4 Å². The molecule has 2 aromatic rings. The van der Waals surface area contributed by atoms with Crippen LogP contribution < -0.4 is 0 Å². The van der Waals surface area contributed by atoms with Crippen LogP contribution in [-0.4, -0.2) is 39.8 Å². The van der Waals surface area contributed by atoms with Crippen molar-refractivity contribution in [1.82, 2.24) is 15.0 Å². The van der Waals surface area contributed by atoms with Crippen molar-refractivity contribution in [3.63, 3.8) is 0 Å². The summed E-state index contributed by atoms with van der Waals surface area (Å²) in [6.07, 6.45) is 0. The summed E-state index contributed by atoms with van der Waals surface area (Å²) in [6, 6.07) is 8.00. The molecule has 0 aliphatic carbocycles. The molecule has 0 radical (unpaired) electrons. The van der Waals surface area contributed by atoms with Gasteiger partial charge in [-0.2, -0.15) is 4.98 Å². The van der Waals surface area contributed by atoms with E-state index in [0.717, 1.165) is 11.1 Å². The maximum absolute atomic E-state index is 9.09. The Labute approximate surface area is 112 Å². The van der Waals surface area contributed by atoms with Gasteiger partial charge in [0.15, 0.2) is 0 Å². The number of nitrogens with zero attached hydrogens (tertiary/aromatic N) is 3. The molecule has 2 rings (SSSR count). The average Bonchev–Trinajstić information content (AvgIpc) is 2.86. The minimum atomic E-state index is 0.0637. The highest BCUT2D eigenvalue weighted by atomic mass is 16.5. The van der Waals surface area contributed by atoms with Crippen LogP contribution in [0.2, 0.25) is 0 Å². The minimum absolute atomic E-state index is 0.0637. The molecule has 1 N–H and O–H groups in total. The second-order valence-electron chi connectivity index (χ2n) is 4.77. The molecule has 1 heterocycles. The van der Waals surface area contributed by atoms with E-state index in [0.29, 0.717) is 18.3 Å². The third kappa shape index (κ3) is 3.19. The highest BCUT2D eigenvalue weighted by Crippen LogP contribution is 2.20. The lowest BCUT2D eigenvalue weighted by Crippen LogP contribution is -2.31. The molecule has 0 aliphatic rings. The van der Waals surface area contributed by atoms with Crippen molar-refractivity contribution in [3.8, 4) is 11.4 Å². The van der Waals surface area contributed by atoms with Crippen LogP contribution in [0.25, 0.3) is 11.4 Å². The van der Waals surface area contributed by atoms with E-state index in [-0.39, 0.29) is 12.6 Å². The van der Waals surface area contributed by atoms with Crippen LogP contribution >= 0.6 is 0 Å². The summed E-state index contributed by atoms with van der Waals surface area (Å²) < 4.78 is 5.25. The molecule has 1 aromatic heterocycles. The zero-order valence-electron chi connectivity index (χ0n) is 11.5. The van der Waals surface area contributed by atoms with Crippen LogP contribution in [-0.2, 0) is 6.54 Å². The maximum atomic E-state index is 9.09. The van der Waals surface area contributed by atoms with Crippen LogP contribution in [0.3, 0.4) is 0 Å². The topological polar surface area (TPSA) is 62.4 Å². The minimum Gasteiger partial charge on any atom is -0.395 e. The predicted octanol–water partition coefficient (Wildman–Crippen LogP) is 1.86. The Bertz CT molecular complexity index is 539. The fraction of sp³-hybridized carbons (Fsp3) is 0.429. The molecule has 0 spiro atoms. The molecule has 0 aliphatic heterocycles. The smallest absolute Gasteiger partial charge is 0.241 e. The van der Waals surface area contributed by atoms with Crippen molar-refractivity contribution in [1.29, 1.82) is 0 Å². The van der Waals surface area contributed by atoms with Crippen molar-refractivity contribution >= 4 is 0 Å². The normalized spacial score (nSPS) is 12.9. The van der Waals surface area contributed by atoms with Crippen LogP contribution in [0.1, 0.15) is 18.4 Å². The van der Waals surface area contributed by atoms with Gasteiger partial charge in [-0.1, -0.05) is 29.4 Å². The number of aliphatic hydroxyl groups excluding tert-OH is 1. The fourth-order valence-corrected chi connectivity index (χ4v) is 1.76. The van der Waals surface area contributed by atoms with E-state index in [4.69, 9.17) is 9.63 Å². The Morgan fingerprint density at radius 2 is 2.11 bits per heavy atom. The summed E-state index contributed by atoms with van der Waals surface area (Å²) in [4.78, 5) is 6.36. The Balaban J connectivity index is 2.14. The van der Waals surface area contributed by atoms with Crippen molar-refractivity contribution in [3.05, 3.63) is 35.7 Å². The molecule has 0 amide bonds. The van der Waals surface area contributed by atoms with Crippen molar-refractivity contribution < 1.29 is 9.63 Å². The first-order valence-electron chi connectivity index (χ1n) is 6.31. The molecule has 0 fully saturated rings. The molecule has 0 saturated heterocycles. The Morgan fingerprint density at radius 1 is 1.37 bits per heavy atom. The molecule has 1 unspecified atom stereocenters. The molecule has 5 nitrogen and oxygen atoms in total. The lowest BCUT2D eigenvalue weighted by molar-refractivity contribution is 0.142. The predicted molar refractivity (Wildman–Crippen MR) is 72.5 cm³/mol. The number of aromatic nitrogens is 2. The third-order valence-corrected chi connectivity index (χ3v) is 3.26. The van der Waals surface area contributed by atoms with Gasteiger partial charge in [0.1, 0.15) is 0 Å². The number of hydrogen-bond acceptors (Lipinski definition) is 5. The van der Waals surface area contributed by atoms with Crippen LogP contribution in [0, 0.1) is 6.92 Å². The summed E-state index contributed by atoms with van der Waals surface area (Å²) in [5.74, 6) is 1.17. The van der Waals surface area contributed by atoms with E-state index in [1.165, 1.54) is 0 Å². The lowest BCUT2D eigenvalue weighted by Gasteiger charge is -2.20. The fourth-order valence-electron chi connectivity index (χ4n) is 1.76. The van der Waals surface area contributed by atoms with Gasteiger partial charge in [-0.15, -0.1) is 0 Å². The van der Waals surface area contributed by atoms with E-state index in [9.17, 15) is 0 Å². The Hall–Kier alpha value is -1.72. The monoisotopic (exact) mass is 261 g/mol. The van der Waals surface area contributed by atoms with E-state index in [1.807, 2.05) is 50.1 Å². The first-order chi connectivity index (χ1) is 9.11. The zero-order chi connectivity index (χ0) is 13.8. The third-order valence-electron chi connectivity index (χ3n) is 3.26. The molecule has 0 bridgehead atoms. The first kappa shape index (κ1) is 13.7. The lowest BCUT2D eigenvalue weighted by atomic mass is 10.1. The second-order valence-corrected chi connectivity index (χ2v) is 4.77. The van der Waals surface area contributed by atoms with Crippen molar-refractivity contribution in [2.24, 2.45) is 0 Å². The van der Waals surface area contributed by atoms with Crippen LogP contribution in [0.15, 0.2) is 28.8 Å². The highest BCUT2D eigenvalue weighted by molar-refractivity contribution is 5.58. The van der Waals surface area contributed by atoms with E-state index in [1.54, 1.807) is 0 Å². The average molecular weight is 261 g/mol. The van der Waals surface area contributed by atoms with E-state index >= 15 is 0 Å². The number of aliphatic hydroxyl groups is 1. The van der Waals surface area contributed by atoms with Gasteiger partial charge in [0.2, 0.25) is 11.7 Å². The summed E-state index contributed by atoms with van der Waals surface area (Å²) in [6.45, 7) is 4.60. The molecule has 5 heteroatoms. The van der Waals surface area contributed by atoms with Gasteiger partial charge in [0.25, 0.3) is 0 Å². The molecule has 102 valence electrons. The van der Waals surface area contributed by atoms with Gasteiger partial charge in [-0.05, 0) is 26.5 Å². The summed E-state index contributed by atoms with van der Waals surface area (Å²) in [7, 11) is 1.92. The van der Waals surface area contributed by atoms with Gasteiger partial charge < -0.3 is 9.63 Å². The van der Waals surface area contributed by atoms with Crippen molar-refractivity contribution in [2.75, 3.05) is 13.7 Å². The SMILES string of the molecule is Cc1ccccc1-c1noc(CN(C)C(C)CO)n1. The van der Waals surface area contributed by atoms with E-state index in [2.05, 4.69) is 10.1 Å². The van der Waals surface area contributed by atoms with Gasteiger partial charge in [-0.25, -0.2) is 0 Å². The van der Waals surface area contributed by atoms with Crippen LogP contribution in [0.4, 0.5) is 0 Å². The standard InChI is InChI=1S/C14H19N3O2/c1-10-6-4-5-7-12(10)14-15-13(19-16-14)8-17(3)11(2)9-18/h4-7,11,18H,8-9H2,1-3H3. The van der Waals surface area contributed by atoms with Gasteiger partial charge in [-0.3, -0.25) is 4.90 Å². The molecule has 0 saturated carbocycles.